The molecule has 0 radical (unpaired) electrons. The molecular formula is C20H20ClN3O3. The van der Waals surface area contributed by atoms with Crippen LogP contribution in [-0.2, 0) is 11.2 Å². The van der Waals surface area contributed by atoms with Gasteiger partial charge in [0.15, 0.2) is 0 Å². The molecule has 3 aromatic rings. The molecule has 0 aliphatic rings. The van der Waals surface area contributed by atoms with Gasteiger partial charge in [-0.3, -0.25) is 4.79 Å². The van der Waals surface area contributed by atoms with Crippen LogP contribution in [0.25, 0.3) is 11.4 Å². The van der Waals surface area contributed by atoms with Crippen molar-refractivity contribution < 1.29 is 14.1 Å². The molecule has 1 aromatic heterocycles. The van der Waals surface area contributed by atoms with E-state index in [4.69, 9.17) is 20.9 Å². The van der Waals surface area contributed by atoms with E-state index in [0.29, 0.717) is 47.4 Å². The third-order valence-corrected chi connectivity index (χ3v) is 4.25. The van der Waals surface area contributed by atoms with Gasteiger partial charge in [-0.2, -0.15) is 4.98 Å². The predicted molar refractivity (Wildman–Crippen MR) is 104 cm³/mol. The number of methoxy groups -OCH3 is 1. The fraction of sp³-hybridized carbons (Fsp3) is 0.250. The number of amides is 1. The Morgan fingerprint density at radius 1 is 1.22 bits per heavy atom. The molecule has 1 amide bonds. The van der Waals surface area contributed by atoms with Crippen LogP contribution < -0.4 is 10.1 Å². The number of rotatable bonds is 7. The van der Waals surface area contributed by atoms with Crippen LogP contribution in [0.2, 0.25) is 5.02 Å². The Morgan fingerprint density at radius 2 is 2.00 bits per heavy atom. The molecule has 0 bridgehead atoms. The molecule has 1 heterocycles. The lowest BCUT2D eigenvalue weighted by molar-refractivity contribution is -0.116. The fourth-order valence-electron chi connectivity index (χ4n) is 2.61. The number of hydrogen-bond acceptors (Lipinski definition) is 5. The van der Waals surface area contributed by atoms with Gasteiger partial charge in [0, 0.05) is 23.4 Å². The van der Waals surface area contributed by atoms with Gasteiger partial charge >= 0.3 is 0 Å². The summed E-state index contributed by atoms with van der Waals surface area (Å²) in [6.07, 6.45) is 1.47. The first-order valence-electron chi connectivity index (χ1n) is 8.58. The third-order valence-electron chi connectivity index (χ3n) is 3.99. The van der Waals surface area contributed by atoms with Crippen LogP contribution in [0.15, 0.2) is 47.0 Å². The highest BCUT2D eigenvalue weighted by Crippen LogP contribution is 2.25. The number of ether oxygens (including phenoxy) is 1. The number of aryl methyl sites for hydroxylation is 2. The van der Waals surface area contributed by atoms with Gasteiger partial charge in [0.2, 0.25) is 17.6 Å². The fourth-order valence-corrected chi connectivity index (χ4v) is 2.73. The summed E-state index contributed by atoms with van der Waals surface area (Å²) in [5.41, 5.74) is 2.55. The van der Waals surface area contributed by atoms with E-state index >= 15 is 0 Å². The molecule has 0 spiro atoms. The third kappa shape index (κ3) is 5.08. The number of nitrogens with one attached hydrogen (secondary N) is 1. The van der Waals surface area contributed by atoms with Crippen molar-refractivity contribution in [3.8, 4) is 17.1 Å². The normalized spacial score (nSPS) is 10.6. The van der Waals surface area contributed by atoms with Crippen LogP contribution >= 0.6 is 11.6 Å². The van der Waals surface area contributed by atoms with Gasteiger partial charge in [-0.25, -0.2) is 0 Å². The van der Waals surface area contributed by atoms with E-state index < -0.39 is 0 Å². The summed E-state index contributed by atoms with van der Waals surface area (Å²) < 4.78 is 10.5. The topological polar surface area (TPSA) is 77.2 Å². The molecule has 0 unspecified atom stereocenters. The molecule has 0 saturated heterocycles. The number of aromatic nitrogens is 2. The first-order valence-corrected chi connectivity index (χ1v) is 8.96. The molecule has 1 N–H and O–H groups in total. The highest BCUT2D eigenvalue weighted by atomic mass is 35.5. The second-order valence-corrected chi connectivity index (χ2v) is 6.56. The molecule has 3 rings (SSSR count). The smallest absolute Gasteiger partial charge is 0.226 e. The summed E-state index contributed by atoms with van der Waals surface area (Å²) in [5.74, 6) is 1.56. The van der Waals surface area contributed by atoms with Crippen molar-refractivity contribution in [1.82, 2.24) is 10.1 Å². The molecule has 27 heavy (non-hydrogen) atoms. The zero-order valence-electron chi connectivity index (χ0n) is 15.2. The lowest BCUT2D eigenvalue weighted by Crippen LogP contribution is -2.12. The van der Waals surface area contributed by atoms with Crippen LogP contribution in [0.4, 0.5) is 5.69 Å². The van der Waals surface area contributed by atoms with Crippen LogP contribution in [0.3, 0.4) is 0 Å². The minimum Gasteiger partial charge on any atom is -0.495 e. The van der Waals surface area contributed by atoms with Crippen LogP contribution in [-0.4, -0.2) is 23.2 Å². The van der Waals surface area contributed by atoms with E-state index in [-0.39, 0.29) is 5.91 Å². The average Bonchev–Trinajstić information content (AvgIpc) is 3.11. The van der Waals surface area contributed by atoms with Crippen LogP contribution in [0.5, 0.6) is 5.75 Å². The standard InChI is InChI=1S/C20H20ClN3O3/c1-13-6-11-17(26-2)16(12-13)22-18(25)4-3-5-19-23-20(24-27-19)14-7-9-15(21)10-8-14/h6-12H,3-5H2,1-2H3,(H,22,25). The summed E-state index contributed by atoms with van der Waals surface area (Å²) in [6, 6.07) is 12.9. The van der Waals surface area contributed by atoms with Gasteiger partial charge in [-0.05, 0) is 55.3 Å². The zero-order valence-corrected chi connectivity index (χ0v) is 15.9. The summed E-state index contributed by atoms with van der Waals surface area (Å²) in [5, 5.41) is 7.50. The van der Waals surface area contributed by atoms with E-state index in [2.05, 4.69) is 15.5 Å². The van der Waals surface area contributed by atoms with Gasteiger partial charge in [-0.15, -0.1) is 0 Å². The van der Waals surface area contributed by atoms with Gasteiger partial charge in [0.05, 0.1) is 12.8 Å². The van der Waals surface area contributed by atoms with Crippen molar-refractivity contribution in [2.75, 3.05) is 12.4 Å². The number of benzene rings is 2. The average molecular weight is 386 g/mol. The largest absolute Gasteiger partial charge is 0.495 e. The van der Waals surface area contributed by atoms with Crippen molar-refractivity contribution in [2.45, 2.75) is 26.2 Å². The Hall–Kier alpha value is -2.86. The molecular weight excluding hydrogens is 366 g/mol. The highest BCUT2D eigenvalue weighted by Gasteiger charge is 2.11. The molecule has 0 aliphatic heterocycles. The van der Waals surface area contributed by atoms with Gasteiger partial charge in [0.1, 0.15) is 5.75 Å². The molecule has 140 valence electrons. The summed E-state index contributed by atoms with van der Waals surface area (Å²) >= 11 is 5.88. The lowest BCUT2D eigenvalue weighted by Gasteiger charge is -2.10. The maximum atomic E-state index is 12.2. The van der Waals surface area contributed by atoms with Gasteiger partial charge in [-0.1, -0.05) is 22.8 Å². The Labute approximate surface area is 162 Å². The molecule has 0 atom stereocenters. The number of carbonyl (C=O) groups excluding carboxylic acids is 1. The second kappa shape index (κ2) is 8.68. The Kier molecular flexibility index (Phi) is 6.08. The van der Waals surface area contributed by atoms with Crippen molar-refractivity contribution in [1.29, 1.82) is 0 Å². The first kappa shape index (κ1) is 18.9. The molecule has 6 nitrogen and oxygen atoms in total. The SMILES string of the molecule is COc1ccc(C)cc1NC(=O)CCCc1nc(-c2ccc(Cl)cc2)no1. The predicted octanol–water partition coefficient (Wildman–Crippen LogP) is 4.67. The quantitative estimate of drug-likeness (QED) is 0.639. The van der Waals surface area contributed by atoms with E-state index in [1.54, 1.807) is 19.2 Å². The first-order chi connectivity index (χ1) is 13.0. The number of anilines is 1. The van der Waals surface area contributed by atoms with E-state index in [0.717, 1.165) is 11.1 Å². The molecule has 0 saturated carbocycles. The Morgan fingerprint density at radius 3 is 2.74 bits per heavy atom. The lowest BCUT2D eigenvalue weighted by atomic mass is 10.2. The molecule has 0 aliphatic carbocycles. The van der Waals surface area contributed by atoms with Crippen molar-refractivity contribution in [2.24, 2.45) is 0 Å². The van der Waals surface area contributed by atoms with Crippen LogP contribution in [0.1, 0.15) is 24.3 Å². The molecule has 2 aromatic carbocycles. The highest BCUT2D eigenvalue weighted by molar-refractivity contribution is 6.30. The second-order valence-electron chi connectivity index (χ2n) is 6.12. The zero-order chi connectivity index (χ0) is 19.2. The van der Waals surface area contributed by atoms with E-state index in [9.17, 15) is 4.79 Å². The minimum absolute atomic E-state index is 0.0867. The molecule has 7 heteroatoms. The van der Waals surface area contributed by atoms with Crippen molar-refractivity contribution in [3.63, 3.8) is 0 Å². The molecule has 0 fully saturated rings. The van der Waals surface area contributed by atoms with Crippen LogP contribution in [0, 0.1) is 6.92 Å². The monoisotopic (exact) mass is 385 g/mol. The maximum Gasteiger partial charge on any atom is 0.226 e. The maximum absolute atomic E-state index is 12.2. The van der Waals surface area contributed by atoms with Gasteiger partial charge < -0.3 is 14.6 Å². The van der Waals surface area contributed by atoms with Crippen molar-refractivity contribution in [3.05, 3.63) is 58.9 Å². The van der Waals surface area contributed by atoms with E-state index in [1.807, 2.05) is 37.3 Å². The number of halogens is 1. The van der Waals surface area contributed by atoms with Crippen molar-refractivity contribution >= 4 is 23.2 Å². The minimum atomic E-state index is -0.0867. The number of nitrogens with zero attached hydrogens (tertiary/aromatic N) is 2. The van der Waals surface area contributed by atoms with E-state index in [1.165, 1.54) is 0 Å². The summed E-state index contributed by atoms with van der Waals surface area (Å²) in [6.45, 7) is 1.96. The van der Waals surface area contributed by atoms with Gasteiger partial charge in [0.25, 0.3) is 0 Å². The summed E-state index contributed by atoms with van der Waals surface area (Å²) in [4.78, 5) is 16.6. The Balaban J connectivity index is 1.52. The Bertz CT molecular complexity index is 922. The number of hydrogen-bond donors (Lipinski definition) is 1. The summed E-state index contributed by atoms with van der Waals surface area (Å²) in [7, 11) is 1.58. The number of carbonyl (C=O) groups is 1.